The summed E-state index contributed by atoms with van der Waals surface area (Å²) in [4.78, 5) is 18.9. The minimum absolute atomic E-state index is 0.910. The topological polar surface area (TPSA) is 57.4 Å². The van der Waals surface area contributed by atoms with E-state index in [-0.39, 0.29) is 0 Å². The number of nitrogens with zero attached hydrogens (tertiary/aromatic N) is 2. The van der Waals surface area contributed by atoms with Crippen LogP contribution in [0.2, 0.25) is 0 Å². The van der Waals surface area contributed by atoms with Crippen LogP contribution in [0.3, 0.4) is 0 Å². The normalized spacial score (nSPS) is 11.9. The van der Waals surface area contributed by atoms with Crippen LogP contribution < -0.4 is 0 Å². The monoisotopic (exact) mass is 818 g/mol. The lowest BCUT2D eigenvalue weighted by Gasteiger charge is -2.08. The van der Waals surface area contributed by atoms with Crippen LogP contribution in [0, 0.1) is 0 Å². The van der Waals surface area contributed by atoms with Gasteiger partial charge >= 0.3 is 0 Å². The van der Waals surface area contributed by atoms with Crippen LogP contribution in [0.25, 0.3) is 111 Å². The highest BCUT2D eigenvalue weighted by atomic mass is 79.9. The predicted molar refractivity (Wildman–Crippen MR) is 231 cm³/mol. The second-order valence-electron chi connectivity index (χ2n) is 13.8. The van der Waals surface area contributed by atoms with Crippen LogP contribution >= 0.6 is 31.9 Å². The lowest BCUT2D eigenvalue weighted by molar-refractivity contribution is 1.40. The summed E-state index contributed by atoms with van der Waals surface area (Å²) in [6.07, 6.45) is 0. The zero-order chi connectivity index (χ0) is 35.9. The molecule has 11 rings (SSSR count). The number of fused-ring (bicyclic) bond motifs is 20. The number of rotatable bonds is 2. The van der Waals surface area contributed by atoms with Gasteiger partial charge in [-0.25, -0.2) is 9.97 Å². The fraction of sp³-hybridized carbons (Fsp3) is 0. The number of benzene rings is 6. The van der Waals surface area contributed by atoms with Gasteiger partial charge in [0.1, 0.15) is 0 Å². The summed E-state index contributed by atoms with van der Waals surface area (Å²) in [7, 11) is 0. The molecule has 0 amide bonds. The van der Waals surface area contributed by atoms with Gasteiger partial charge in [-0.05, 0) is 47.5 Å². The molecule has 8 bridgehead atoms. The van der Waals surface area contributed by atoms with Crippen molar-refractivity contribution in [3.63, 3.8) is 0 Å². The Morgan fingerprint density at radius 3 is 1.13 bits per heavy atom. The van der Waals surface area contributed by atoms with Gasteiger partial charge in [0.15, 0.2) is 0 Å². The first-order valence-corrected chi connectivity index (χ1v) is 19.5. The van der Waals surface area contributed by atoms with Crippen LogP contribution in [0.1, 0.15) is 0 Å². The average molecular weight is 821 g/mol. The number of hydrogen-bond acceptors (Lipinski definition) is 2. The molecule has 5 heterocycles. The zero-order valence-corrected chi connectivity index (χ0v) is 31.8. The second kappa shape index (κ2) is 12.2. The smallest absolute Gasteiger partial charge is 0.0815 e. The maximum Gasteiger partial charge on any atom is 0.0815 e. The standard InChI is InChI=1S/C48H28Br2N4/c49-29-21-17-27(18-22-29)43-45-35-13-5-1-9-31(35)39(51-45)25-40-32-10-2-6-14-36(32)47(52-40)44(28-19-23-30(50)24-20-28)48-38-16-8-4-12-34(38)42(54-48)26-41-33-11-3-7-15-37(33)46(43)53-41/h1-26,51,54H. The third-order valence-corrected chi connectivity index (χ3v) is 11.7. The van der Waals surface area contributed by atoms with Gasteiger partial charge in [-0.1, -0.05) is 153 Å². The highest BCUT2D eigenvalue weighted by Gasteiger charge is 2.25. The fourth-order valence-corrected chi connectivity index (χ4v) is 8.78. The molecule has 2 aliphatic rings. The molecule has 54 heavy (non-hydrogen) atoms. The second-order valence-corrected chi connectivity index (χ2v) is 15.6. The van der Waals surface area contributed by atoms with Crippen molar-refractivity contribution in [3.05, 3.63) is 167 Å². The lowest BCUT2D eigenvalue weighted by atomic mass is 9.96. The van der Waals surface area contributed by atoms with Crippen molar-refractivity contribution in [1.29, 1.82) is 0 Å². The van der Waals surface area contributed by atoms with E-state index in [1.54, 1.807) is 0 Å². The fourth-order valence-electron chi connectivity index (χ4n) is 8.25. The van der Waals surface area contributed by atoms with E-state index < -0.39 is 0 Å². The molecule has 254 valence electrons. The minimum Gasteiger partial charge on any atom is -0.354 e. The van der Waals surface area contributed by atoms with Crippen molar-refractivity contribution >= 4 is 75.5 Å². The number of hydrogen-bond donors (Lipinski definition) is 2. The number of aromatic nitrogens is 4. The molecule has 0 saturated carbocycles. The Morgan fingerprint density at radius 1 is 0.370 bits per heavy atom. The molecular weight excluding hydrogens is 792 g/mol. The molecule has 9 aromatic rings. The summed E-state index contributed by atoms with van der Waals surface area (Å²) >= 11 is 7.35. The Balaban J connectivity index is 1.42. The van der Waals surface area contributed by atoms with Crippen LogP contribution in [0.5, 0.6) is 0 Å². The molecule has 4 nitrogen and oxygen atoms in total. The van der Waals surface area contributed by atoms with Crippen molar-refractivity contribution in [3.8, 4) is 67.3 Å². The molecule has 0 atom stereocenters. The first-order chi connectivity index (χ1) is 26.6. The summed E-state index contributed by atoms with van der Waals surface area (Å²) < 4.78 is 2.05. The lowest BCUT2D eigenvalue weighted by Crippen LogP contribution is -1.86. The third-order valence-electron chi connectivity index (χ3n) is 10.7. The number of aromatic amines is 2. The Labute approximate surface area is 327 Å². The van der Waals surface area contributed by atoms with Crippen LogP contribution in [0.4, 0.5) is 0 Å². The van der Waals surface area contributed by atoms with Gasteiger partial charge in [0.25, 0.3) is 0 Å². The summed E-state index contributed by atoms with van der Waals surface area (Å²) in [6, 6.07) is 56.0. The van der Waals surface area contributed by atoms with Crippen LogP contribution in [-0.4, -0.2) is 19.9 Å². The molecule has 0 fully saturated rings. The molecule has 0 saturated heterocycles. The van der Waals surface area contributed by atoms with E-state index in [0.29, 0.717) is 0 Å². The molecule has 3 aromatic heterocycles. The molecule has 0 aliphatic carbocycles. The molecular formula is C48H28Br2N4. The van der Waals surface area contributed by atoms with E-state index in [1.807, 2.05) is 0 Å². The molecule has 6 aromatic carbocycles. The molecule has 2 aliphatic heterocycles. The first-order valence-electron chi connectivity index (χ1n) is 17.9. The van der Waals surface area contributed by atoms with Crippen molar-refractivity contribution in [2.75, 3.05) is 0 Å². The summed E-state index contributed by atoms with van der Waals surface area (Å²) in [6.45, 7) is 0. The van der Waals surface area contributed by atoms with Gasteiger partial charge in [0, 0.05) is 74.9 Å². The minimum atomic E-state index is 0.910. The van der Waals surface area contributed by atoms with Crippen molar-refractivity contribution in [2.24, 2.45) is 0 Å². The largest absolute Gasteiger partial charge is 0.354 e. The third kappa shape index (κ3) is 4.87. The maximum atomic E-state index is 5.54. The van der Waals surface area contributed by atoms with E-state index >= 15 is 0 Å². The molecule has 6 heteroatoms. The van der Waals surface area contributed by atoms with Gasteiger partial charge < -0.3 is 9.97 Å². The molecule has 2 N–H and O–H groups in total. The zero-order valence-electron chi connectivity index (χ0n) is 28.7. The SMILES string of the molecule is Brc1ccc(-c2c3nc(cc4[nH]c(c(-c5ccc(Br)cc5)c5nc(cc6[nH]c2c2ccccc62)-c2ccccc2-5)c2ccccc42)-c2ccccc2-3)cc1. The Morgan fingerprint density at radius 2 is 0.722 bits per heavy atom. The quantitative estimate of drug-likeness (QED) is 0.182. The Kier molecular flexibility index (Phi) is 7.13. The Hall–Kier alpha value is -6.08. The number of H-pyrrole nitrogens is 2. The van der Waals surface area contributed by atoms with Gasteiger partial charge in [0.05, 0.1) is 33.8 Å². The van der Waals surface area contributed by atoms with E-state index in [9.17, 15) is 0 Å². The first kappa shape index (κ1) is 31.4. The van der Waals surface area contributed by atoms with E-state index in [4.69, 9.17) is 9.97 Å². The number of halogens is 2. The van der Waals surface area contributed by atoms with Gasteiger partial charge in [-0.15, -0.1) is 0 Å². The number of nitrogens with one attached hydrogen (secondary N) is 2. The highest BCUT2D eigenvalue weighted by molar-refractivity contribution is 9.10. The summed E-state index contributed by atoms with van der Waals surface area (Å²) in [5, 5.41) is 4.50. The predicted octanol–water partition coefficient (Wildman–Crippen LogP) is 14.1. The van der Waals surface area contributed by atoms with Gasteiger partial charge in [0.2, 0.25) is 0 Å². The van der Waals surface area contributed by atoms with Crippen molar-refractivity contribution < 1.29 is 0 Å². The molecule has 0 unspecified atom stereocenters. The van der Waals surface area contributed by atoms with Crippen LogP contribution in [-0.2, 0) is 0 Å². The summed E-state index contributed by atoms with van der Waals surface area (Å²) in [5.41, 5.74) is 16.4. The van der Waals surface area contributed by atoms with Gasteiger partial charge in [-0.2, -0.15) is 0 Å². The van der Waals surface area contributed by atoms with E-state index in [2.05, 4.69) is 200 Å². The summed E-state index contributed by atoms with van der Waals surface area (Å²) in [5.74, 6) is 0. The average Bonchev–Trinajstić information content (AvgIpc) is 3.96. The van der Waals surface area contributed by atoms with Gasteiger partial charge in [-0.3, -0.25) is 0 Å². The van der Waals surface area contributed by atoms with Crippen LogP contribution in [0.15, 0.2) is 167 Å². The Bertz CT molecular complexity index is 2960. The van der Waals surface area contributed by atoms with E-state index in [1.165, 1.54) is 0 Å². The molecule has 0 radical (unpaired) electrons. The highest BCUT2D eigenvalue weighted by Crippen LogP contribution is 2.47. The van der Waals surface area contributed by atoms with Crippen molar-refractivity contribution in [1.82, 2.24) is 19.9 Å². The van der Waals surface area contributed by atoms with Crippen molar-refractivity contribution in [2.45, 2.75) is 0 Å². The molecule has 0 spiro atoms. The maximum absolute atomic E-state index is 5.54. The van der Waals surface area contributed by atoms with E-state index in [0.717, 1.165) is 120 Å².